The van der Waals surface area contributed by atoms with Crippen molar-refractivity contribution in [2.24, 2.45) is 22.7 Å². The van der Waals surface area contributed by atoms with Crippen LogP contribution in [0.5, 0.6) is 0 Å². The summed E-state index contributed by atoms with van der Waals surface area (Å²) >= 11 is 0. The van der Waals surface area contributed by atoms with E-state index in [1.165, 1.54) is 16.3 Å². The molecule has 2 aliphatic rings. The van der Waals surface area contributed by atoms with Gasteiger partial charge < -0.3 is 15.2 Å². The van der Waals surface area contributed by atoms with Crippen LogP contribution < -0.4 is 0 Å². The molecule has 0 amide bonds. The molecule has 1 radical (unpaired) electrons. The van der Waals surface area contributed by atoms with E-state index in [0.29, 0.717) is 5.92 Å². The van der Waals surface area contributed by atoms with E-state index >= 15 is 0 Å². The van der Waals surface area contributed by atoms with Crippen LogP contribution in [0.25, 0.3) is 22.0 Å². The average molecular weight is 609 g/mol. The molecule has 2 atom stereocenters. The van der Waals surface area contributed by atoms with E-state index in [9.17, 15) is 10.2 Å². The number of nitrogens with zero attached hydrogens (tertiary/aromatic N) is 1. The molecule has 0 aliphatic heterocycles. The Kier molecular flexibility index (Phi) is 7.32. The van der Waals surface area contributed by atoms with Crippen molar-refractivity contribution in [3.63, 3.8) is 0 Å². The van der Waals surface area contributed by atoms with Gasteiger partial charge >= 0.3 is 0 Å². The maximum absolute atomic E-state index is 10.2. The molecule has 0 saturated heterocycles. The fourth-order valence-corrected chi connectivity index (χ4v) is 5.72. The first kappa shape index (κ1) is 25.0. The van der Waals surface area contributed by atoms with E-state index in [2.05, 4.69) is 69.9 Å². The molecule has 1 aromatic heterocycles. The first-order valence-corrected chi connectivity index (χ1v) is 11.3. The Bertz CT molecular complexity index is 1040. The van der Waals surface area contributed by atoms with Crippen molar-refractivity contribution in [2.45, 2.75) is 59.7 Å². The van der Waals surface area contributed by atoms with Crippen LogP contribution >= 0.6 is 0 Å². The zero-order valence-corrected chi connectivity index (χ0v) is 22.0. The first-order chi connectivity index (χ1) is 14.6. The number of hydrogen-bond donors (Lipinski definition) is 2. The predicted octanol–water partition coefficient (Wildman–Crippen LogP) is 5.81. The predicted molar refractivity (Wildman–Crippen MR) is 127 cm³/mol. The van der Waals surface area contributed by atoms with Gasteiger partial charge in [-0.1, -0.05) is 51.5 Å². The molecule has 32 heavy (non-hydrogen) atoms. The normalized spacial score (nSPS) is 27.2. The number of aromatic nitrogens is 1. The monoisotopic (exact) mass is 609 g/mol. The van der Waals surface area contributed by atoms with Crippen LogP contribution in [0.15, 0.2) is 54.7 Å². The zero-order valence-electron chi connectivity index (χ0n) is 19.6. The van der Waals surface area contributed by atoms with E-state index < -0.39 is 0 Å². The molecule has 2 N–H and O–H groups in total. The molecular formula is C28H34IrNO2-. The molecular weight excluding hydrogens is 575 g/mol. The Morgan fingerprint density at radius 3 is 2.16 bits per heavy atom. The summed E-state index contributed by atoms with van der Waals surface area (Å²) in [4.78, 5) is 4.48. The third-order valence-electron chi connectivity index (χ3n) is 7.34. The Morgan fingerprint density at radius 1 is 0.938 bits per heavy atom. The molecule has 173 valence electrons. The van der Waals surface area contributed by atoms with Crippen molar-refractivity contribution in [3.05, 3.63) is 66.4 Å². The number of hydrogen-bond acceptors (Lipinski definition) is 3. The van der Waals surface area contributed by atoms with Crippen LogP contribution in [0, 0.1) is 35.7 Å². The quantitative estimate of drug-likeness (QED) is 0.343. The molecule has 5 rings (SSSR count). The minimum atomic E-state index is -0.329. The molecule has 0 spiro atoms. The van der Waals surface area contributed by atoms with Gasteiger partial charge in [0.25, 0.3) is 0 Å². The molecule has 2 fully saturated rings. The summed E-state index contributed by atoms with van der Waals surface area (Å²) in [6.07, 6.45) is 3.31. The molecule has 2 unspecified atom stereocenters. The minimum absolute atomic E-state index is 0. The van der Waals surface area contributed by atoms with Gasteiger partial charge in [0.1, 0.15) is 0 Å². The van der Waals surface area contributed by atoms with Gasteiger partial charge in [-0.25, -0.2) is 0 Å². The Labute approximate surface area is 205 Å². The van der Waals surface area contributed by atoms with Gasteiger partial charge in [0, 0.05) is 32.2 Å². The van der Waals surface area contributed by atoms with Crippen LogP contribution in [0.4, 0.5) is 0 Å². The van der Waals surface area contributed by atoms with Gasteiger partial charge in [0.2, 0.25) is 0 Å². The van der Waals surface area contributed by atoms with Gasteiger partial charge in [-0.3, -0.25) is 0 Å². The fraction of sp³-hybridized carbons (Fsp3) is 0.464. The average Bonchev–Trinajstić information content (AvgIpc) is 3.08. The molecule has 4 heteroatoms. The number of pyridine rings is 1. The third kappa shape index (κ3) is 4.70. The Hall–Kier alpha value is -1.58. The zero-order chi connectivity index (χ0) is 22.4. The largest absolute Gasteiger partial charge is 0.392 e. The fourth-order valence-electron chi connectivity index (χ4n) is 5.72. The summed E-state index contributed by atoms with van der Waals surface area (Å²) in [7, 11) is 0. The molecule has 3 aromatic rings. The van der Waals surface area contributed by atoms with Gasteiger partial charge in [0.05, 0.1) is 12.2 Å². The van der Waals surface area contributed by atoms with Crippen LogP contribution in [0.3, 0.4) is 0 Å². The SMILES string of the molecule is CC1(C)CC2CC(C)(C)C(O)C2C1O.Cc1ccc2c(-c3[c-]cccc3)nccc2c1.[Ir]. The van der Waals surface area contributed by atoms with E-state index in [1.54, 1.807) is 0 Å². The van der Waals surface area contributed by atoms with E-state index in [0.717, 1.165) is 24.1 Å². The summed E-state index contributed by atoms with van der Waals surface area (Å²) in [6, 6.07) is 19.7. The van der Waals surface area contributed by atoms with Crippen molar-refractivity contribution < 1.29 is 30.3 Å². The first-order valence-electron chi connectivity index (χ1n) is 11.3. The van der Waals surface area contributed by atoms with E-state index in [1.807, 2.05) is 30.5 Å². The van der Waals surface area contributed by atoms with Crippen molar-refractivity contribution in [3.8, 4) is 11.3 Å². The maximum atomic E-state index is 10.2. The second-order valence-electron chi connectivity index (χ2n) is 10.8. The number of aliphatic hydroxyl groups excluding tert-OH is 2. The van der Waals surface area contributed by atoms with Gasteiger partial charge in [0.15, 0.2) is 0 Å². The summed E-state index contributed by atoms with van der Waals surface area (Å²) in [5.41, 5.74) is 3.30. The summed E-state index contributed by atoms with van der Waals surface area (Å²) in [5, 5.41) is 22.7. The van der Waals surface area contributed by atoms with Crippen molar-refractivity contribution in [1.29, 1.82) is 0 Å². The topological polar surface area (TPSA) is 53.4 Å². The van der Waals surface area contributed by atoms with Gasteiger partial charge in [-0.15, -0.1) is 35.9 Å². The van der Waals surface area contributed by atoms with Crippen LogP contribution in [0.1, 0.15) is 46.1 Å². The van der Waals surface area contributed by atoms with Crippen LogP contribution in [-0.4, -0.2) is 27.4 Å². The number of rotatable bonds is 1. The summed E-state index contributed by atoms with van der Waals surface area (Å²) in [5.74, 6) is 0.630. The molecule has 3 nitrogen and oxygen atoms in total. The van der Waals surface area contributed by atoms with Crippen LogP contribution in [-0.2, 0) is 20.1 Å². The van der Waals surface area contributed by atoms with Crippen LogP contribution in [0.2, 0.25) is 0 Å². The number of benzene rings is 2. The Balaban J connectivity index is 0.000000178. The standard InChI is InChI=1S/C16H12N.C12H22O2.Ir/c1-12-7-8-15-14(11-12)9-10-17-16(15)13-5-3-2-4-6-13;1-11(2)5-7-6-12(3,4)10(14)8(7)9(11)13;/h2-5,7-11H,1H3;7-10,13-14H,5-6H2,1-4H3;/q-1;;. The molecule has 1 heterocycles. The number of fused-ring (bicyclic) bond motifs is 2. The summed E-state index contributed by atoms with van der Waals surface area (Å²) in [6.45, 7) is 10.5. The second kappa shape index (κ2) is 9.35. The Morgan fingerprint density at radius 2 is 1.59 bits per heavy atom. The number of aryl methyl sites for hydroxylation is 1. The van der Waals surface area contributed by atoms with Crippen molar-refractivity contribution in [1.82, 2.24) is 4.98 Å². The van der Waals surface area contributed by atoms with Gasteiger partial charge in [-0.05, 0) is 59.0 Å². The van der Waals surface area contributed by atoms with Gasteiger partial charge in [-0.2, -0.15) is 0 Å². The van der Waals surface area contributed by atoms with E-state index in [-0.39, 0.29) is 49.1 Å². The van der Waals surface area contributed by atoms with E-state index in [4.69, 9.17) is 0 Å². The second-order valence-corrected chi connectivity index (χ2v) is 10.8. The molecule has 2 aromatic carbocycles. The third-order valence-corrected chi connectivity index (χ3v) is 7.34. The minimum Gasteiger partial charge on any atom is -0.392 e. The van der Waals surface area contributed by atoms with Crippen molar-refractivity contribution >= 4 is 10.8 Å². The smallest absolute Gasteiger partial charge is 0.0646 e. The van der Waals surface area contributed by atoms with Crippen molar-refractivity contribution in [2.75, 3.05) is 0 Å². The maximum Gasteiger partial charge on any atom is 0.0646 e. The number of aliphatic hydroxyl groups is 2. The molecule has 0 bridgehead atoms. The molecule has 2 saturated carbocycles. The molecule has 2 aliphatic carbocycles. The summed E-state index contributed by atoms with van der Waals surface area (Å²) < 4.78 is 0.